The van der Waals surface area contributed by atoms with E-state index in [1.165, 1.54) is 5.56 Å². The second-order valence-corrected chi connectivity index (χ2v) is 6.74. The molecule has 0 saturated carbocycles. The average molecular weight is 322 g/mol. The van der Waals surface area contributed by atoms with Crippen LogP contribution in [0.5, 0.6) is 0 Å². The summed E-state index contributed by atoms with van der Waals surface area (Å²) in [5, 5.41) is 11.1. The number of fused-ring (bicyclic) bond motifs is 1. The van der Waals surface area contributed by atoms with Crippen LogP contribution < -0.4 is 4.90 Å². The van der Waals surface area contributed by atoms with Gasteiger partial charge in [0.05, 0.1) is 5.39 Å². The molecule has 0 bridgehead atoms. The number of nitrogens with one attached hydrogen (secondary N) is 1. The standard InChI is InChI=1S/C19H22N4O/c24-13-19(12-15-4-2-1-3-5-15)7-10-23(11-8-19)18-16-6-9-20-17(16)21-14-22-18/h1-6,9,14,24H,7-8,10-13H2,(H,20,21,22). The second-order valence-electron chi connectivity index (χ2n) is 6.74. The van der Waals surface area contributed by atoms with Crippen LogP contribution in [0.25, 0.3) is 11.0 Å². The molecule has 1 saturated heterocycles. The van der Waals surface area contributed by atoms with Gasteiger partial charge in [0.2, 0.25) is 0 Å². The largest absolute Gasteiger partial charge is 0.396 e. The first-order chi connectivity index (χ1) is 11.8. The van der Waals surface area contributed by atoms with Crippen LogP contribution in [0.4, 0.5) is 5.82 Å². The number of aromatic nitrogens is 3. The van der Waals surface area contributed by atoms with Crippen LogP contribution in [0, 0.1) is 5.41 Å². The van der Waals surface area contributed by atoms with Crippen LogP contribution in [-0.4, -0.2) is 39.8 Å². The number of hydrogen-bond donors (Lipinski definition) is 2. The fraction of sp³-hybridized carbons (Fsp3) is 0.368. The molecular weight excluding hydrogens is 300 g/mol. The second kappa shape index (κ2) is 6.24. The number of aromatic amines is 1. The van der Waals surface area contributed by atoms with E-state index in [0.717, 1.165) is 49.2 Å². The summed E-state index contributed by atoms with van der Waals surface area (Å²) in [4.78, 5) is 14.2. The average Bonchev–Trinajstić information content (AvgIpc) is 3.12. The lowest BCUT2D eigenvalue weighted by molar-refractivity contribution is 0.0962. The van der Waals surface area contributed by atoms with Crippen LogP contribution >= 0.6 is 0 Å². The minimum Gasteiger partial charge on any atom is -0.396 e. The molecule has 4 rings (SSSR count). The predicted molar refractivity (Wildman–Crippen MR) is 95.0 cm³/mol. The van der Waals surface area contributed by atoms with E-state index in [-0.39, 0.29) is 12.0 Å². The zero-order valence-corrected chi connectivity index (χ0v) is 13.7. The van der Waals surface area contributed by atoms with Crippen molar-refractivity contribution < 1.29 is 5.11 Å². The molecule has 0 aliphatic carbocycles. The van der Waals surface area contributed by atoms with Gasteiger partial charge in [-0.05, 0) is 30.9 Å². The number of hydrogen-bond acceptors (Lipinski definition) is 4. The van der Waals surface area contributed by atoms with E-state index < -0.39 is 0 Å². The molecule has 0 unspecified atom stereocenters. The van der Waals surface area contributed by atoms with E-state index in [0.29, 0.717) is 0 Å². The van der Waals surface area contributed by atoms with Crippen LogP contribution in [0.3, 0.4) is 0 Å². The molecule has 1 aromatic carbocycles. The molecule has 124 valence electrons. The van der Waals surface area contributed by atoms with Crippen LogP contribution in [-0.2, 0) is 6.42 Å². The number of nitrogens with zero attached hydrogens (tertiary/aromatic N) is 3. The van der Waals surface area contributed by atoms with E-state index in [1.807, 2.05) is 18.3 Å². The van der Waals surface area contributed by atoms with Gasteiger partial charge in [-0.1, -0.05) is 30.3 Å². The van der Waals surface area contributed by atoms with Gasteiger partial charge < -0.3 is 15.0 Å². The molecular formula is C19H22N4O. The highest BCUT2D eigenvalue weighted by atomic mass is 16.3. The molecule has 5 nitrogen and oxygen atoms in total. The molecule has 3 heterocycles. The molecule has 0 radical (unpaired) electrons. The van der Waals surface area contributed by atoms with Gasteiger partial charge in [0.25, 0.3) is 0 Å². The van der Waals surface area contributed by atoms with E-state index in [1.54, 1.807) is 6.33 Å². The zero-order chi connectivity index (χ0) is 16.4. The molecule has 0 amide bonds. The molecule has 0 atom stereocenters. The van der Waals surface area contributed by atoms with Gasteiger partial charge in [-0.25, -0.2) is 9.97 Å². The highest BCUT2D eigenvalue weighted by Crippen LogP contribution is 2.37. The quantitative estimate of drug-likeness (QED) is 0.775. The van der Waals surface area contributed by atoms with Crippen LogP contribution in [0.1, 0.15) is 18.4 Å². The third-order valence-corrected chi connectivity index (χ3v) is 5.21. The number of H-pyrrole nitrogens is 1. The number of rotatable bonds is 4. The van der Waals surface area contributed by atoms with Crippen molar-refractivity contribution in [2.24, 2.45) is 5.41 Å². The van der Waals surface area contributed by atoms with Gasteiger partial charge in [0.15, 0.2) is 0 Å². The monoisotopic (exact) mass is 322 g/mol. The fourth-order valence-electron chi connectivity index (χ4n) is 3.72. The van der Waals surface area contributed by atoms with Gasteiger partial charge in [-0.3, -0.25) is 0 Å². The summed E-state index contributed by atoms with van der Waals surface area (Å²) >= 11 is 0. The Balaban J connectivity index is 1.52. The Morgan fingerprint density at radius 2 is 1.88 bits per heavy atom. The van der Waals surface area contributed by atoms with E-state index in [2.05, 4.69) is 44.1 Å². The molecule has 24 heavy (non-hydrogen) atoms. The van der Waals surface area contributed by atoms with Crippen LogP contribution in [0.15, 0.2) is 48.9 Å². The zero-order valence-electron chi connectivity index (χ0n) is 13.7. The van der Waals surface area contributed by atoms with E-state index in [4.69, 9.17) is 0 Å². The predicted octanol–water partition coefficient (Wildman–Crippen LogP) is 2.78. The Labute approximate surface area is 141 Å². The summed E-state index contributed by atoms with van der Waals surface area (Å²) in [6, 6.07) is 12.5. The maximum Gasteiger partial charge on any atom is 0.142 e. The minimum atomic E-state index is -0.0256. The Morgan fingerprint density at radius 1 is 1.08 bits per heavy atom. The van der Waals surface area contributed by atoms with Crippen molar-refractivity contribution in [3.8, 4) is 0 Å². The third kappa shape index (κ3) is 2.76. The van der Waals surface area contributed by atoms with Gasteiger partial charge in [0, 0.05) is 31.3 Å². The van der Waals surface area contributed by atoms with Gasteiger partial charge in [-0.15, -0.1) is 0 Å². The number of benzene rings is 1. The Kier molecular flexibility index (Phi) is 3.94. The maximum atomic E-state index is 10.0. The fourth-order valence-corrected chi connectivity index (χ4v) is 3.72. The third-order valence-electron chi connectivity index (χ3n) is 5.21. The van der Waals surface area contributed by atoms with Crippen molar-refractivity contribution in [1.29, 1.82) is 0 Å². The molecule has 3 aromatic rings. The molecule has 2 N–H and O–H groups in total. The molecule has 5 heteroatoms. The normalized spacial score (nSPS) is 17.3. The summed E-state index contributed by atoms with van der Waals surface area (Å²) in [5.41, 5.74) is 2.15. The Hall–Kier alpha value is -2.40. The number of piperidine rings is 1. The lowest BCUT2D eigenvalue weighted by Crippen LogP contribution is -2.43. The Bertz CT molecular complexity index is 806. The highest BCUT2D eigenvalue weighted by Gasteiger charge is 2.35. The van der Waals surface area contributed by atoms with E-state index >= 15 is 0 Å². The topological polar surface area (TPSA) is 65.0 Å². The van der Waals surface area contributed by atoms with Crippen molar-refractivity contribution in [1.82, 2.24) is 15.0 Å². The number of aliphatic hydroxyl groups is 1. The lowest BCUT2D eigenvalue weighted by Gasteiger charge is -2.41. The molecule has 2 aromatic heterocycles. The molecule has 1 aliphatic rings. The van der Waals surface area contributed by atoms with Crippen molar-refractivity contribution in [3.05, 3.63) is 54.5 Å². The first-order valence-electron chi connectivity index (χ1n) is 8.48. The first kappa shape index (κ1) is 15.1. The smallest absolute Gasteiger partial charge is 0.142 e. The lowest BCUT2D eigenvalue weighted by atomic mass is 9.74. The summed E-state index contributed by atoms with van der Waals surface area (Å²) in [5.74, 6) is 0.993. The highest BCUT2D eigenvalue weighted by molar-refractivity contribution is 5.87. The van der Waals surface area contributed by atoms with Gasteiger partial charge in [-0.2, -0.15) is 0 Å². The maximum absolute atomic E-state index is 10.0. The number of aliphatic hydroxyl groups excluding tert-OH is 1. The summed E-state index contributed by atoms with van der Waals surface area (Å²) in [6.45, 7) is 2.05. The van der Waals surface area contributed by atoms with Crippen molar-refractivity contribution >= 4 is 16.9 Å². The number of anilines is 1. The first-order valence-corrected chi connectivity index (χ1v) is 8.48. The minimum absolute atomic E-state index is 0.0256. The van der Waals surface area contributed by atoms with Crippen molar-refractivity contribution in [2.75, 3.05) is 24.6 Å². The molecule has 0 spiro atoms. The molecule has 1 aliphatic heterocycles. The summed E-state index contributed by atoms with van der Waals surface area (Å²) in [6.07, 6.45) is 6.39. The molecule has 1 fully saturated rings. The van der Waals surface area contributed by atoms with Gasteiger partial charge in [0.1, 0.15) is 17.8 Å². The van der Waals surface area contributed by atoms with Crippen molar-refractivity contribution in [3.63, 3.8) is 0 Å². The SMILES string of the molecule is OCC1(Cc2ccccc2)CCN(c2ncnc3[nH]ccc23)CC1. The summed E-state index contributed by atoms with van der Waals surface area (Å²) < 4.78 is 0. The summed E-state index contributed by atoms with van der Waals surface area (Å²) in [7, 11) is 0. The van der Waals surface area contributed by atoms with Crippen molar-refractivity contribution in [2.45, 2.75) is 19.3 Å². The van der Waals surface area contributed by atoms with Crippen LogP contribution in [0.2, 0.25) is 0 Å². The van der Waals surface area contributed by atoms with E-state index in [9.17, 15) is 5.11 Å². The Morgan fingerprint density at radius 3 is 2.62 bits per heavy atom. The van der Waals surface area contributed by atoms with Gasteiger partial charge >= 0.3 is 0 Å².